The first-order chi connectivity index (χ1) is 25.2. The Hall–Kier alpha value is -5.17. The minimum Gasteiger partial charge on any atom is -1.00 e. The number of rotatable bonds is 11. The van der Waals surface area contributed by atoms with Gasteiger partial charge in [-0.3, -0.25) is 4.99 Å². The van der Waals surface area contributed by atoms with Crippen molar-refractivity contribution >= 4 is 16.5 Å². The molecule has 280 valence electrons. The first kappa shape index (κ1) is 40.6. The third-order valence-electron chi connectivity index (χ3n) is 9.30. The van der Waals surface area contributed by atoms with Crippen LogP contribution in [-0.2, 0) is 26.9 Å². The number of methoxy groups -OCH3 is 6. The molecular formula is C42H49IN4O6. The second kappa shape index (κ2) is 18.5. The number of hydrogen-bond donors (Lipinski definition) is 1. The van der Waals surface area contributed by atoms with Crippen LogP contribution in [0.1, 0.15) is 22.5 Å². The summed E-state index contributed by atoms with van der Waals surface area (Å²) in [5, 5.41) is 6.38. The minimum absolute atomic E-state index is 0. The zero-order valence-electron chi connectivity index (χ0n) is 32.2. The molecule has 1 aliphatic carbocycles. The zero-order valence-corrected chi connectivity index (χ0v) is 34.3. The predicted octanol–water partition coefficient (Wildman–Crippen LogP) is 3.60. The molecule has 11 heteroatoms. The van der Waals surface area contributed by atoms with Crippen molar-refractivity contribution in [2.45, 2.75) is 12.8 Å². The highest BCUT2D eigenvalue weighted by Crippen LogP contribution is 2.34. The van der Waals surface area contributed by atoms with Gasteiger partial charge in [-0.25, -0.2) is 4.57 Å². The molecule has 10 nitrogen and oxygen atoms in total. The highest BCUT2D eigenvalue weighted by Gasteiger charge is 2.18. The van der Waals surface area contributed by atoms with Crippen molar-refractivity contribution in [2.75, 3.05) is 62.1 Å². The number of halogens is 1. The van der Waals surface area contributed by atoms with Gasteiger partial charge in [0.25, 0.3) is 0 Å². The van der Waals surface area contributed by atoms with Crippen molar-refractivity contribution in [3.8, 4) is 45.6 Å². The fraction of sp³-hybridized carbons (Fsp3) is 0.286. The molecule has 4 aromatic rings. The molecule has 0 amide bonds. The van der Waals surface area contributed by atoms with E-state index >= 15 is 0 Å². The Bertz CT molecular complexity index is 2220. The summed E-state index contributed by atoms with van der Waals surface area (Å²) in [6, 6.07) is 24.6. The zero-order chi connectivity index (χ0) is 37.4. The number of aryl methyl sites for hydroxylation is 2. The normalized spacial score (nSPS) is 10.9. The standard InChI is InChI=1S/2C21H24N2O3.HI/c2*1-22-17-12-15-8-9-23(2)18(16(15)13-20(17)25-4)10-14-6-7-19(24-3)21(11-14)26-5;/h2*6-9,11-13H,10H2,1-5H3;1H. The van der Waals surface area contributed by atoms with E-state index in [-0.39, 0.29) is 24.0 Å². The summed E-state index contributed by atoms with van der Waals surface area (Å²) in [5.41, 5.74) is 7.96. The summed E-state index contributed by atoms with van der Waals surface area (Å²) in [7, 11) is 17.8. The van der Waals surface area contributed by atoms with E-state index in [0.717, 1.165) is 80.6 Å². The molecular weight excluding hydrogens is 783 g/mol. The van der Waals surface area contributed by atoms with Gasteiger partial charge in [0.2, 0.25) is 0 Å². The molecule has 1 aromatic heterocycles. The summed E-state index contributed by atoms with van der Waals surface area (Å²) < 4.78 is 36.9. The van der Waals surface area contributed by atoms with Crippen molar-refractivity contribution in [1.29, 1.82) is 0 Å². The Labute approximate surface area is 329 Å². The van der Waals surface area contributed by atoms with Gasteiger partial charge in [0, 0.05) is 51.1 Å². The lowest BCUT2D eigenvalue weighted by atomic mass is 9.97. The number of aromatic nitrogens is 2. The van der Waals surface area contributed by atoms with Crippen LogP contribution >= 0.6 is 0 Å². The van der Waals surface area contributed by atoms with E-state index in [1.807, 2.05) is 31.3 Å². The maximum Gasteiger partial charge on any atom is 0.193 e. The third-order valence-corrected chi connectivity index (χ3v) is 9.30. The van der Waals surface area contributed by atoms with E-state index in [0.29, 0.717) is 0 Å². The number of pyridine rings is 2. The van der Waals surface area contributed by atoms with Gasteiger partial charge < -0.3 is 62.3 Å². The molecule has 0 atom stereocenters. The van der Waals surface area contributed by atoms with Gasteiger partial charge in [0.1, 0.15) is 18.5 Å². The monoisotopic (exact) mass is 832 g/mol. The largest absolute Gasteiger partial charge is 1.00 e. The minimum atomic E-state index is 0. The second-order valence-electron chi connectivity index (χ2n) is 12.2. The molecule has 1 aliphatic heterocycles. The maximum absolute atomic E-state index is 5.55. The molecule has 6 rings (SSSR count). The van der Waals surface area contributed by atoms with Gasteiger partial charge in [-0.1, -0.05) is 12.1 Å². The fourth-order valence-corrected chi connectivity index (χ4v) is 6.41. The Morgan fingerprint density at radius 2 is 1.25 bits per heavy atom. The summed E-state index contributed by atoms with van der Waals surface area (Å²) in [6.07, 6.45) is 5.70. The SMILES string of the molecule is CN=c1cc2ccn(C)c(Cc3ccc(OC)c(OC)c3)c-2cc1OC.CNc1cc2cc[n+](C)c(Cc3ccc(OC)c(OC)c3)c2cc1OC.[I-]. The van der Waals surface area contributed by atoms with E-state index < -0.39 is 0 Å². The molecule has 2 heterocycles. The van der Waals surface area contributed by atoms with Gasteiger partial charge in [-0.05, 0) is 76.7 Å². The number of anilines is 1. The quantitative estimate of drug-likeness (QED) is 0.158. The van der Waals surface area contributed by atoms with Crippen LogP contribution in [0.15, 0.2) is 90.2 Å². The van der Waals surface area contributed by atoms with Crippen molar-refractivity contribution in [3.63, 3.8) is 0 Å². The van der Waals surface area contributed by atoms with Crippen molar-refractivity contribution in [3.05, 3.63) is 113 Å². The number of benzene rings is 4. The van der Waals surface area contributed by atoms with E-state index in [4.69, 9.17) is 28.4 Å². The molecule has 3 aromatic carbocycles. The van der Waals surface area contributed by atoms with E-state index in [1.54, 1.807) is 49.7 Å². The first-order valence-corrected chi connectivity index (χ1v) is 16.9. The summed E-state index contributed by atoms with van der Waals surface area (Å²) in [6.45, 7) is 0. The van der Waals surface area contributed by atoms with Crippen LogP contribution in [-0.4, -0.2) is 61.3 Å². The van der Waals surface area contributed by atoms with Crippen LogP contribution in [0.2, 0.25) is 0 Å². The van der Waals surface area contributed by atoms with Gasteiger partial charge in [0.05, 0.1) is 65.5 Å². The van der Waals surface area contributed by atoms with Crippen LogP contribution in [0, 0.1) is 0 Å². The molecule has 0 bridgehead atoms. The Balaban J connectivity index is 0.000000232. The van der Waals surface area contributed by atoms with E-state index in [1.165, 1.54) is 22.2 Å². The lowest BCUT2D eigenvalue weighted by Crippen LogP contribution is -3.00. The molecule has 0 unspecified atom stereocenters. The number of nitrogens with one attached hydrogen (secondary N) is 1. The van der Waals surface area contributed by atoms with E-state index in [2.05, 4.69) is 94.5 Å². The second-order valence-corrected chi connectivity index (χ2v) is 12.2. The van der Waals surface area contributed by atoms with Crippen molar-refractivity contribution in [2.24, 2.45) is 19.1 Å². The summed E-state index contributed by atoms with van der Waals surface area (Å²) in [4.78, 5) is 4.31. The van der Waals surface area contributed by atoms with Crippen LogP contribution in [0.5, 0.6) is 34.5 Å². The van der Waals surface area contributed by atoms with Gasteiger partial charge in [-0.15, -0.1) is 0 Å². The van der Waals surface area contributed by atoms with Crippen molar-refractivity contribution < 1.29 is 57.0 Å². The molecule has 0 saturated heterocycles. The predicted molar refractivity (Wildman–Crippen MR) is 206 cm³/mol. The summed E-state index contributed by atoms with van der Waals surface area (Å²) in [5.74, 6) is 4.55. The topological polar surface area (TPSA) is 88.6 Å². The highest BCUT2D eigenvalue weighted by atomic mass is 127. The lowest BCUT2D eigenvalue weighted by molar-refractivity contribution is -0.677. The smallest absolute Gasteiger partial charge is 0.193 e. The molecule has 0 fully saturated rings. The summed E-state index contributed by atoms with van der Waals surface area (Å²) >= 11 is 0. The number of ether oxygens (including phenoxy) is 6. The molecule has 53 heavy (non-hydrogen) atoms. The average molecular weight is 833 g/mol. The van der Waals surface area contributed by atoms with Crippen molar-refractivity contribution in [1.82, 2.24) is 4.57 Å². The molecule has 0 radical (unpaired) electrons. The van der Waals surface area contributed by atoms with Gasteiger partial charge in [0.15, 0.2) is 34.9 Å². The van der Waals surface area contributed by atoms with Crippen LogP contribution in [0.3, 0.4) is 0 Å². The van der Waals surface area contributed by atoms with Crippen LogP contribution in [0.4, 0.5) is 5.69 Å². The molecule has 0 saturated carbocycles. The van der Waals surface area contributed by atoms with Crippen LogP contribution in [0.25, 0.3) is 21.9 Å². The average Bonchev–Trinajstić information content (AvgIpc) is 3.18. The maximum atomic E-state index is 5.55. The molecule has 1 N–H and O–H groups in total. The molecule has 0 spiro atoms. The highest BCUT2D eigenvalue weighted by molar-refractivity contribution is 5.89. The van der Waals surface area contributed by atoms with Crippen LogP contribution < -0.4 is 67.6 Å². The van der Waals surface area contributed by atoms with Gasteiger partial charge in [-0.2, -0.15) is 0 Å². The Morgan fingerprint density at radius 1 is 0.660 bits per heavy atom. The van der Waals surface area contributed by atoms with E-state index in [9.17, 15) is 0 Å². The first-order valence-electron chi connectivity index (χ1n) is 16.9. The number of hydrogen-bond acceptors (Lipinski definition) is 8. The fourth-order valence-electron chi connectivity index (χ4n) is 6.41. The lowest BCUT2D eigenvalue weighted by Gasteiger charge is -2.18. The van der Waals surface area contributed by atoms with Gasteiger partial charge >= 0.3 is 0 Å². The third kappa shape index (κ3) is 8.90. The number of nitrogens with zero attached hydrogens (tertiary/aromatic N) is 3. The Kier molecular flexibility index (Phi) is 14.2. The molecule has 2 aliphatic rings. The Morgan fingerprint density at radius 3 is 1.79 bits per heavy atom. The number of fused-ring (bicyclic) bond motifs is 2.